The van der Waals surface area contributed by atoms with Crippen molar-refractivity contribution in [3.63, 3.8) is 0 Å². The number of carbonyl (C=O) groups is 1. The normalized spacial score (nSPS) is 14.6. The molecule has 0 atom stereocenters. The third-order valence-electron chi connectivity index (χ3n) is 5.78. The van der Waals surface area contributed by atoms with Gasteiger partial charge in [0.1, 0.15) is 5.75 Å². The van der Waals surface area contributed by atoms with Gasteiger partial charge in [-0.15, -0.1) is 10.2 Å². The number of hydrogen-bond donors (Lipinski definition) is 2. The molecule has 0 bridgehead atoms. The third kappa shape index (κ3) is 5.44. The number of methoxy groups -OCH3 is 1. The summed E-state index contributed by atoms with van der Waals surface area (Å²) in [6, 6.07) is 12.1. The summed E-state index contributed by atoms with van der Waals surface area (Å²) in [6.07, 6.45) is 2.75. The number of nitrogen functional groups attached to an aromatic ring is 1. The number of para-hydroxylation sites is 1. The van der Waals surface area contributed by atoms with Crippen molar-refractivity contribution >= 4 is 33.4 Å². The first-order chi connectivity index (χ1) is 16.8. The largest absolute Gasteiger partial charge is 0.496 e. The predicted octanol–water partition coefficient (Wildman–Crippen LogP) is 2.88. The minimum Gasteiger partial charge on any atom is -0.496 e. The summed E-state index contributed by atoms with van der Waals surface area (Å²) >= 11 is 1.13. The van der Waals surface area contributed by atoms with Gasteiger partial charge in [-0.1, -0.05) is 36.4 Å². The summed E-state index contributed by atoms with van der Waals surface area (Å²) in [4.78, 5) is 12.9. The molecular weight excluding hydrogens is 488 g/mol. The van der Waals surface area contributed by atoms with Crippen LogP contribution in [0.15, 0.2) is 52.5 Å². The first-order valence-electron chi connectivity index (χ1n) is 11.2. The van der Waals surface area contributed by atoms with Crippen molar-refractivity contribution in [1.29, 1.82) is 0 Å². The van der Waals surface area contributed by atoms with Crippen LogP contribution in [0.4, 0.5) is 5.69 Å². The van der Waals surface area contributed by atoms with E-state index in [1.807, 2.05) is 25.1 Å². The van der Waals surface area contributed by atoms with E-state index < -0.39 is 10.0 Å². The Morgan fingerprint density at radius 3 is 2.63 bits per heavy atom. The van der Waals surface area contributed by atoms with Gasteiger partial charge in [0.2, 0.25) is 21.1 Å². The molecule has 0 aliphatic carbocycles. The molecule has 1 aliphatic rings. The SMILES string of the molecule is COc1ccccc1-c1nnc(SCC(=O)Nc2cc(S(=O)(=O)N3CCCCC3)ccc2C)n1N. The lowest BCUT2D eigenvalue weighted by molar-refractivity contribution is -0.113. The third-order valence-corrected chi connectivity index (χ3v) is 8.62. The number of aromatic nitrogens is 3. The summed E-state index contributed by atoms with van der Waals surface area (Å²) in [5.74, 6) is 6.90. The first-order valence-corrected chi connectivity index (χ1v) is 13.6. The molecule has 0 saturated carbocycles. The molecule has 0 unspecified atom stereocenters. The number of piperidine rings is 1. The monoisotopic (exact) mass is 516 g/mol. The second kappa shape index (κ2) is 10.7. The Labute approximate surface area is 208 Å². The van der Waals surface area contributed by atoms with Crippen LogP contribution in [-0.4, -0.2) is 59.5 Å². The Balaban J connectivity index is 1.44. The van der Waals surface area contributed by atoms with E-state index in [0.29, 0.717) is 41.1 Å². The average Bonchev–Trinajstić information content (AvgIpc) is 3.24. The molecule has 10 nitrogen and oxygen atoms in total. The van der Waals surface area contributed by atoms with Gasteiger partial charge in [0.25, 0.3) is 0 Å². The summed E-state index contributed by atoms with van der Waals surface area (Å²) in [6.45, 7) is 2.85. The minimum absolute atomic E-state index is 0.0177. The van der Waals surface area contributed by atoms with Crippen molar-refractivity contribution in [3.05, 3.63) is 48.0 Å². The van der Waals surface area contributed by atoms with E-state index in [-0.39, 0.29) is 16.6 Å². The Hall–Kier alpha value is -3.09. The van der Waals surface area contributed by atoms with Crippen molar-refractivity contribution in [2.45, 2.75) is 36.2 Å². The van der Waals surface area contributed by atoms with Crippen molar-refractivity contribution in [3.8, 4) is 17.1 Å². The molecule has 4 rings (SSSR count). The van der Waals surface area contributed by atoms with Gasteiger partial charge in [0.15, 0.2) is 5.82 Å². The maximum absolute atomic E-state index is 13.0. The van der Waals surface area contributed by atoms with Crippen LogP contribution in [0.2, 0.25) is 0 Å². The van der Waals surface area contributed by atoms with Crippen LogP contribution < -0.4 is 15.9 Å². The molecule has 3 aromatic rings. The zero-order chi connectivity index (χ0) is 25.0. The summed E-state index contributed by atoms with van der Waals surface area (Å²) in [7, 11) is -2.04. The molecular formula is C23H28N6O4S2. The summed E-state index contributed by atoms with van der Waals surface area (Å²) < 4.78 is 34.2. The molecule has 1 saturated heterocycles. The fourth-order valence-electron chi connectivity index (χ4n) is 3.86. The molecule has 2 heterocycles. The molecule has 35 heavy (non-hydrogen) atoms. The highest BCUT2D eigenvalue weighted by atomic mass is 32.2. The lowest BCUT2D eigenvalue weighted by atomic mass is 10.2. The average molecular weight is 517 g/mol. The van der Waals surface area contributed by atoms with Gasteiger partial charge in [0.05, 0.1) is 23.3 Å². The highest BCUT2D eigenvalue weighted by Crippen LogP contribution is 2.30. The maximum Gasteiger partial charge on any atom is 0.243 e. The number of hydrogen-bond acceptors (Lipinski definition) is 8. The van der Waals surface area contributed by atoms with Crippen molar-refractivity contribution in [1.82, 2.24) is 19.2 Å². The number of nitrogens with two attached hydrogens (primary N) is 1. The smallest absolute Gasteiger partial charge is 0.243 e. The maximum atomic E-state index is 13.0. The number of aryl methyl sites for hydroxylation is 1. The highest BCUT2D eigenvalue weighted by Gasteiger charge is 2.26. The van der Waals surface area contributed by atoms with Crippen molar-refractivity contribution < 1.29 is 17.9 Å². The molecule has 2 aromatic carbocycles. The number of rotatable bonds is 8. The highest BCUT2D eigenvalue weighted by molar-refractivity contribution is 7.99. The van der Waals surface area contributed by atoms with Crippen LogP contribution >= 0.6 is 11.8 Å². The Morgan fingerprint density at radius 1 is 1.14 bits per heavy atom. The van der Waals surface area contributed by atoms with Crippen LogP contribution in [0, 0.1) is 6.92 Å². The summed E-state index contributed by atoms with van der Waals surface area (Å²) in [5.41, 5.74) is 1.91. The number of nitrogens with zero attached hydrogens (tertiary/aromatic N) is 4. The molecule has 0 radical (unpaired) electrons. The van der Waals surface area contributed by atoms with Gasteiger partial charge in [-0.2, -0.15) is 4.31 Å². The fourth-order valence-corrected chi connectivity index (χ4v) is 6.06. The molecule has 0 spiro atoms. The topological polar surface area (TPSA) is 132 Å². The standard InChI is InChI=1S/C23H28N6O4S2/c1-16-10-11-17(35(31,32)28-12-6-3-7-13-28)14-19(16)25-21(30)15-34-23-27-26-22(29(23)24)18-8-4-5-9-20(18)33-2/h4-5,8-11,14H,3,6-7,12-13,15,24H2,1-2H3,(H,25,30). The van der Waals surface area contributed by atoms with Gasteiger partial charge >= 0.3 is 0 Å². The molecule has 3 N–H and O–H groups in total. The zero-order valence-electron chi connectivity index (χ0n) is 19.6. The number of sulfonamides is 1. The van der Waals surface area contributed by atoms with Gasteiger partial charge in [0, 0.05) is 18.8 Å². The molecule has 1 fully saturated rings. The van der Waals surface area contributed by atoms with E-state index in [4.69, 9.17) is 10.6 Å². The molecule has 1 aliphatic heterocycles. The van der Waals surface area contributed by atoms with Crippen LogP contribution in [0.1, 0.15) is 24.8 Å². The van der Waals surface area contributed by atoms with E-state index in [2.05, 4.69) is 15.5 Å². The van der Waals surface area contributed by atoms with Crippen LogP contribution in [0.25, 0.3) is 11.4 Å². The van der Waals surface area contributed by atoms with Gasteiger partial charge in [-0.25, -0.2) is 13.1 Å². The second-order valence-electron chi connectivity index (χ2n) is 8.15. The van der Waals surface area contributed by atoms with E-state index in [1.165, 1.54) is 15.0 Å². The van der Waals surface area contributed by atoms with E-state index >= 15 is 0 Å². The first kappa shape index (κ1) is 25.0. The molecule has 1 amide bonds. The zero-order valence-corrected chi connectivity index (χ0v) is 21.2. The van der Waals surface area contributed by atoms with Gasteiger partial charge in [-0.05, 0) is 49.6 Å². The van der Waals surface area contributed by atoms with Crippen LogP contribution in [0.3, 0.4) is 0 Å². The molecule has 12 heteroatoms. The van der Waals surface area contributed by atoms with Crippen molar-refractivity contribution in [2.75, 3.05) is 37.1 Å². The van der Waals surface area contributed by atoms with Crippen LogP contribution in [-0.2, 0) is 14.8 Å². The van der Waals surface area contributed by atoms with E-state index in [0.717, 1.165) is 36.6 Å². The quantitative estimate of drug-likeness (QED) is 0.345. The van der Waals surface area contributed by atoms with E-state index in [9.17, 15) is 13.2 Å². The van der Waals surface area contributed by atoms with Crippen molar-refractivity contribution in [2.24, 2.45) is 0 Å². The number of thioether (sulfide) groups is 1. The fraction of sp³-hybridized carbons (Fsp3) is 0.348. The number of amides is 1. The van der Waals surface area contributed by atoms with E-state index in [1.54, 1.807) is 25.3 Å². The molecule has 1 aromatic heterocycles. The second-order valence-corrected chi connectivity index (χ2v) is 11.0. The lowest BCUT2D eigenvalue weighted by Gasteiger charge is -2.26. The summed E-state index contributed by atoms with van der Waals surface area (Å²) in [5, 5.41) is 11.4. The number of anilines is 1. The number of carbonyl (C=O) groups excluding carboxylic acids is 1. The number of ether oxygens (including phenoxy) is 1. The van der Waals surface area contributed by atoms with Crippen LogP contribution in [0.5, 0.6) is 5.75 Å². The predicted molar refractivity (Wildman–Crippen MR) is 135 cm³/mol. The van der Waals surface area contributed by atoms with Gasteiger partial charge < -0.3 is 15.9 Å². The molecule has 186 valence electrons. The Morgan fingerprint density at radius 2 is 1.89 bits per heavy atom. The van der Waals surface area contributed by atoms with Gasteiger partial charge in [-0.3, -0.25) is 4.79 Å². The Kier molecular flexibility index (Phi) is 7.63. The lowest BCUT2D eigenvalue weighted by Crippen LogP contribution is -2.35. The minimum atomic E-state index is -3.60. The Bertz CT molecular complexity index is 1320. The number of nitrogens with one attached hydrogen (secondary N) is 1. The number of benzene rings is 2.